The molecule has 2 heteroatoms. The third-order valence-electron chi connectivity index (χ3n) is 3.31. The lowest BCUT2D eigenvalue weighted by molar-refractivity contribution is 0.0484. The first kappa shape index (κ1) is 14.2. The summed E-state index contributed by atoms with van der Waals surface area (Å²) in [5.41, 5.74) is 1.02. The van der Waals surface area contributed by atoms with Gasteiger partial charge in [-0.05, 0) is 31.5 Å². The third kappa shape index (κ3) is 3.83. The molecule has 0 aromatic heterocycles. The Morgan fingerprint density at radius 3 is 2.24 bits per heavy atom. The molecular weight excluding hydrogens is 210 g/mol. The van der Waals surface area contributed by atoms with Crippen LogP contribution in [0, 0.1) is 0 Å². The molecule has 0 fully saturated rings. The maximum Gasteiger partial charge on any atom is 0.0945 e. The largest absolute Gasteiger partial charge is 0.387 e. The lowest BCUT2D eigenvalue weighted by atomic mass is 9.98. The van der Waals surface area contributed by atoms with Gasteiger partial charge in [0.05, 0.1) is 6.10 Å². The highest BCUT2D eigenvalue weighted by atomic mass is 16.3. The van der Waals surface area contributed by atoms with Crippen molar-refractivity contribution in [1.82, 2.24) is 4.90 Å². The summed E-state index contributed by atoms with van der Waals surface area (Å²) in [5.74, 6) is 0. The number of aliphatic hydroxyl groups is 1. The Labute approximate surface area is 105 Å². The van der Waals surface area contributed by atoms with Crippen LogP contribution in [0.3, 0.4) is 0 Å². The van der Waals surface area contributed by atoms with Gasteiger partial charge in [0.25, 0.3) is 0 Å². The zero-order valence-corrected chi connectivity index (χ0v) is 11.3. The number of rotatable bonds is 7. The quantitative estimate of drug-likeness (QED) is 0.784. The minimum Gasteiger partial charge on any atom is -0.387 e. The molecule has 0 aliphatic carbocycles. The van der Waals surface area contributed by atoms with E-state index in [2.05, 4.69) is 25.7 Å². The molecule has 0 saturated carbocycles. The Morgan fingerprint density at radius 2 is 1.76 bits per heavy atom. The van der Waals surface area contributed by atoms with Crippen molar-refractivity contribution in [3.63, 3.8) is 0 Å². The van der Waals surface area contributed by atoms with Crippen LogP contribution >= 0.6 is 0 Å². The van der Waals surface area contributed by atoms with Crippen LogP contribution in [-0.4, -0.2) is 29.1 Å². The lowest BCUT2D eigenvalue weighted by Crippen LogP contribution is -2.39. The first-order valence-corrected chi connectivity index (χ1v) is 6.71. The van der Waals surface area contributed by atoms with Gasteiger partial charge in [-0.1, -0.05) is 51.1 Å². The fraction of sp³-hybridized carbons (Fsp3) is 0.600. The molecule has 1 aromatic carbocycles. The number of benzene rings is 1. The zero-order chi connectivity index (χ0) is 12.7. The maximum absolute atomic E-state index is 10.5. The Balaban J connectivity index is 2.79. The molecule has 0 radical (unpaired) electrons. The van der Waals surface area contributed by atoms with Gasteiger partial charge in [-0.2, -0.15) is 0 Å². The van der Waals surface area contributed by atoms with Crippen LogP contribution in [0.25, 0.3) is 0 Å². The number of hydrogen-bond acceptors (Lipinski definition) is 2. The first-order valence-electron chi connectivity index (χ1n) is 6.71. The monoisotopic (exact) mass is 235 g/mol. The Hall–Kier alpha value is -0.860. The molecule has 2 atom stereocenters. The van der Waals surface area contributed by atoms with Gasteiger partial charge in [-0.25, -0.2) is 0 Å². The second-order valence-corrected chi connectivity index (χ2v) is 4.46. The van der Waals surface area contributed by atoms with Gasteiger partial charge < -0.3 is 5.11 Å². The number of nitrogens with zero attached hydrogens (tertiary/aromatic N) is 1. The molecule has 96 valence electrons. The van der Waals surface area contributed by atoms with Gasteiger partial charge in [0.2, 0.25) is 0 Å². The van der Waals surface area contributed by atoms with Crippen LogP contribution < -0.4 is 0 Å². The maximum atomic E-state index is 10.5. The average molecular weight is 235 g/mol. The molecule has 1 N–H and O–H groups in total. The predicted octanol–water partition coefficient (Wildman–Crippen LogP) is 3.23. The SMILES string of the molecule is CCCN(CC)C(CC)C(O)c1ccccc1. The van der Waals surface area contributed by atoms with Crippen LogP contribution in [0.2, 0.25) is 0 Å². The minimum atomic E-state index is -0.382. The van der Waals surface area contributed by atoms with Gasteiger partial charge >= 0.3 is 0 Å². The van der Waals surface area contributed by atoms with Crippen molar-refractivity contribution in [3.8, 4) is 0 Å². The van der Waals surface area contributed by atoms with Crippen molar-refractivity contribution >= 4 is 0 Å². The van der Waals surface area contributed by atoms with Gasteiger partial charge in [-0.15, -0.1) is 0 Å². The Kier molecular flexibility index (Phi) is 6.23. The second kappa shape index (κ2) is 7.46. The van der Waals surface area contributed by atoms with Crippen LogP contribution in [0.15, 0.2) is 30.3 Å². The number of aliphatic hydroxyl groups excluding tert-OH is 1. The van der Waals surface area contributed by atoms with Crippen molar-refractivity contribution in [3.05, 3.63) is 35.9 Å². The van der Waals surface area contributed by atoms with Gasteiger partial charge in [0.1, 0.15) is 0 Å². The first-order chi connectivity index (χ1) is 8.24. The highest BCUT2D eigenvalue weighted by molar-refractivity contribution is 5.18. The molecular formula is C15H25NO. The van der Waals surface area contributed by atoms with E-state index >= 15 is 0 Å². The molecule has 0 spiro atoms. The zero-order valence-electron chi connectivity index (χ0n) is 11.3. The number of hydrogen-bond donors (Lipinski definition) is 1. The second-order valence-electron chi connectivity index (χ2n) is 4.46. The summed E-state index contributed by atoms with van der Waals surface area (Å²) in [5, 5.41) is 10.5. The molecule has 2 unspecified atom stereocenters. The van der Waals surface area contributed by atoms with E-state index in [1.807, 2.05) is 30.3 Å². The molecule has 0 saturated heterocycles. The topological polar surface area (TPSA) is 23.5 Å². The Bertz CT molecular complexity index is 299. The molecule has 17 heavy (non-hydrogen) atoms. The van der Waals surface area contributed by atoms with E-state index in [1.165, 1.54) is 0 Å². The van der Waals surface area contributed by atoms with Crippen LogP contribution in [0.5, 0.6) is 0 Å². The summed E-state index contributed by atoms with van der Waals surface area (Å²) in [4.78, 5) is 2.37. The standard InChI is InChI=1S/C15H25NO/c1-4-12-16(6-3)14(5-2)15(17)13-10-8-7-9-11-13/h7-11,14-15,17H,4-6,12H2,1-3H3. The summed E-state index contributed by atoms with van der Waals surface area (Å²) in [6.45, 7) is 8.55. The molecule has 0 heterocycles. The van der Waals surface area contributed by atoms with Crippen LogP contribution in [-0.2, 0) is 0 Å². The van der Waals surface area contributed by atoms with Crippen molar-refractivity contribution in [2.24, 2.45) is 0 Å². The van der Waals surface area contributed by atoms with Gasteiger partial charge in [0, 0.05) is 6.04 Å². The number of likely N-dealkylation sites (N-methyl/N-ethyl adjacent to an activating group) is 1. The van der Waals surface area contributed by atoms with E-state index < -0.39 is 0 Å². The van der Waals surface area contributed by atoms with E-state index in [0.717, 1.165) is 31.5 Å². The molecule has 1 rings (SSSR count). The van der Waals surface area contributed by atoms with Crippen molar-refractivity contribution < 1.29 is 5.11 Å². The predicted molar refractivity (Wildman–Crippen MR) is 73.0 cm³/mol. The molecule has 2 nitrogen and oxygen atoms in total. The summed E-state index contributed by atoms with van der Waals surface area (Å²) in [6, 6.07) is 10.2. The normalized spacial score (nSPS) is 14.9. The molecule has 0 aliphatic rings. The van der Waals surface area contributed by atoms with Crippen molar-refractivity contribution in [2.75, 3.05) is 13.1 Å². The molecule has 0 amide bonds. The van der Waals surface area contributed by atoms with Crippen LogP contribution in [0.1, 0.15) is 45.3 Å². The Morgan fingerprint density at radius 1 is 1.12 bits per heavy atom. The molecule has 0 bridgehead atoms. The fourth-order valence-electron chi connectivity index (χ4n) is 2.40. The summed E-state index contributed by atoms with van der Waals surface area (Å²) < 4.78 is 0. The average Bonchev–Trinajstić information content (AvgIpc) is 2.39. The summed E-state index contributed by atoms with van der Waals surface area (Å²) in [7, 11) is 0. The van der Waals surface area contributed by atoms with Gasteiger partial charge in [-0.3, -0.25) is 4.90 Å². The van der Waals surface area contributed by atoms with Crippen molar-refractivity contribution in [2.45, 2.75) is 45.8 Å². The van der Waals surface area contributed by atoms with Crippen LogP contribution in [0.4, 0.5) is 0 Å². The lowest BCUT2D eigenvalue weighted by Gasteiger charge is -2.33. The molecule has 0 aliphatic heterocycles. The summed E-state index contributed by atoms with van der Waals surface area (Å²) >= 11 is 0. The van der Waals surface area contributed by atoms with E-state index in [4.69, 9.17) is 0 Å². The van der Waals surface area contributed by atoms with E-state index in [0.29, 0.717) is 0 Å². The minimum absolute atomic E-state index is 0.224. The van der Waals surface area contributed by atoms with E-state index in [1.54, 1.807) is 0 Å². The van der Waals surface area contributed by atoms with Gasteiger partial charge in [0.15, 0.2) is 0 Å². The molecule has 1 aromatic rings. The van der Waals surface area contributed by atoms with E-state index in [9.17, 15) is 5.11 Å². The highest BCUT2D eigenvalue weighted by Gasteiger charge is 2.23. The highest BCUT2D eigenvalue weighted by Crippen LogP contribution is 2.23. The fourth-order valence-corrected chi connectivity index (χ4v) is 2.40. The van der Waals surface area contributed by atoms with Crippen molar-refractivity contribution in [1.29, 1.82) is 0 Å². The van der Waals surface area contributed by atoms with E-state index in [-0.39, 0.29) is 12.1 Å². The summed E-state index contributed by atoms with van der Waals surface area (Å²) in [6.07, 6.45) is 1.73. The third-order valence-corrected chi connectivity index (χ3v) is 3.31. The smallest absolute Gasteiger partial charge is 0.0945 e.